The van der Waals surface area contributed by atoms with E-state index in [0.29, 0.717) is 12.0 Å². The lowest BCUT2D eigenvalue weighted by Gasteiger charge is -2.13. The van der Waals surface area contributed by atoms with Crippen LogP contribution in [0.5, 0.6) is 0 Å². The standard InChI is InChI=1S/C11H13BrFNO2/c1-7(8(2)12)5-9-6-10(13)3-4-11(9)14(15)16/h3-4,6-8H,5H2,1-2H3. The van der Waals surface area contributed by atoms with Crippen molar-refractivity contribution in [2.45, 2.75) is 25.1 Å². The van der Waals surface area contributed by atoms with E-state index in [1.165, 1.54) is 12.1 Å². The predicted octanol–water partition coefficient (Wildman–Crippen LogP) is 3.70. The van der Waals surface area contributed by atoms with Gasteiger partial charge in [0.1, 0.15) is 5.82 Å². The van der Waals surface area contributed by atoms with Crippen LogP contribution in [0.1, 0.15) is 19.4 Å². The molecule has 0 N–H and O–H groups in total. The second-order valence-corrected chi connectivity index (χ2v) is 5.33. The van der Waals surface area contributed by atoms with Gasteiger partial charge in [-0.15, -0.1) is 0 Å². The third kappa shape index (κ3) is 3.27. The molecule has 5 heteroatoms. The Bertz CT molecular complexity index is 396. The second-order valence-electron chi connectivity index (χ2n) is 3.89. The van der Waals surface area contributed by atoms with Crippen LogP contribution in [0, 0.1) is 21.8 Å². The fourth-order valence-electron chi connectivity index (χ4n) is 1.40. The van der Waals surface area contributed by atoms with Gasteiger partial charge < -0.3 is 0 Å². The molecule has 2 unspecified atom stereocenters. The second kappa shape index (κ2) is 5.39. The number of hydrogen-bond donors (Lipinski definition) is 0. The molecule has 0 spiro atoms. The Morgan fingerprint density at radius 3 is 2.62 bits per heavy atom. The highest BCUT2D eigenvalue weighted by molar-refractivity contribution is 9.09. The zero-order valence-corrected chi connectivity index (χ0v) is 10.7. The van der Waals surface area contributed by atoms with Gasteiger partial charge in [0.25, 0.3) is 5.69 Å². The van der Waals surface area contributed by atoms with E-state index >= 15 is 0 Å². The van der Waals surface area contributed by atoms with Crippen LogP contribution in [0.2, 0.25) is 0 Å². The largest absolute Gasteiger partial charge is 0.272 e. The molecular formula is C11H13BrFNO2. The van der Waals surface area contributed by atoms with E-state index in [-0.39, 0.29) is 16.4 Å². The van der Waals surface area contributed by atoms with Crippen molar-refractivity contribution in [1.29, 1.82) is 0 Å². The molecule has 0 heterocycles. The Hall–Kier alpha value is -0.970. The maximum absolute atomic E-state index is 13.0. The van der Waals surface area contributed by atoms with Crippen LogP contribution >= 0.6 is 15.9 Å². The average molecular weight is 290 g/mol. The highest BCUT2D eigenvalue weighted by Crippen LogP contribution is 2.25. The molecule has 1 aromatic carbocycles. The first-order valence-corrected chi connectivity index (χ1v) is 5.90. The SMILES string of the molecule is CC(Br)C(C)Cc1cc(F)ccc1[N+](=O)[O-]. The van der Waals surface area contributed by atoms with E-state index in [1.807, 2.05) is 13.8 Å². The smallest absolute Gasteiger partial charge is 0.258 e. The summed E-state index contributed by atoms with van der Waals surface area (Å²) in [5, 5.41) is 10.8. The van der Waals surface area contributed by atoms with Crippen LogP contribution in [-0.4, -0.2) is 9.75 Å². The number of nitro benzene ring substituents is 1. The summed E-state index contributed by atoms with van der Waals surface area (Å²) >= 11 is 3.41. The highest BCUT2D eigenvalue weighted by Gasteiger charge is 2.18. The van der Waals surface area contributed by atoms with Crippen LogP contribution in [-0.2, 0) is 6.42 Å². The maximum Gasteiger partial charge on any atom is 0.272 e. The van der Waals surface area contributed by atoms with Crippen LogP contribution in [0.25, 0.3) is 0 Å². The van der Waals surface area contributed by atoms with Crippen molar-refractivity contribution in [3.8, 4) is 0 Å². The lowest BCUT2D eigenvalue weighted by molar-refractivity contribution is -0.385. The van der Waals surface area contributed by atoms with E-state index in [1.54, 1.807) is 0 Å². The first kappa shape index (κ1) is 13.1. The number of benzene rings is 1. The quantitative estimate of drug-likeness (QED) is 0.482. The maximum atomic E-state index is 13.0. The van der Waals surface area contributed by atoms with Gasteiger partial charge in [-0.2, -0.15) is 0 Å². The van der Waals surface area contributed by atoms with Crippen molar-refractivity contribution in [2.75, 3.05) is 0 Å². The molecule has 0 bridgehead atoms. The van der Waals surface area contributed by atoms with E-state index in [2.05, 4.69) is 15.9 Å². The Labute approximate surface area is 102 Å². The summed E-state index contributed by atoms with van der Waals surface area (Å²) in [4.78, 5) is 10.5. The topological polar surface area (TPSA) is 43.1 Å². The fraction of sp³-hybridized carbons (Fsp3) is 0.455. The minimum Gasteiger partial charge on any atom is -0.258 e. The number of halogens is 2. The fourth-order valence-corrected chi connectivity index (χ4v) is 1.59. The molecule has 1 aromatic rings. The van der Waals surface area contributed by atoms with Crippen LogP contribution in [0.4, 0.5) is 10.1 Å². The zero-order chi connectivity index (χ0) is 12.3. The third-order valence-electron chi connectivity index (χ3n) is 2.56. The summed E-state index contributed by atoms with van der Waals surface area (Å²) in [6.45, 7) is 3.93. The lowest BCUT2D eigenvalue weighted by atomic mass is 9.97. The number of hydrogen-bond acceptors (Lipinski definition) is 2. The number of nitro groups is 1. The van der Waals surface area contributed by atoms with Crippen molar-refractivity contribution in [1.82, 2.24) is 0 Å². The van der Waals surface area contributed by atoms with Crippen molar-refractivity contribution in [3.63, 3.8) is 0 Å². The molecule has 0 aromatic heterocycles. The molecule has 2 atom stereocenters. The Morgan fingerprint density at radius 1 is 1.50 bits per heavy atom. The molecule has 88 valence electrons. The number of nitrogens with zero attached hydrogens (tertiary/aromatic N) is 1. The summed E-state index contributed by atoms with van der Waals surface area (Å²) in [5.41, 5.74) is 0.435. The zero-order valence-electron chi connectivity index (χ0n) is 9.11. The molecule has 0 saturated heterocycles. The molecule has 0 aliphatic heterocycles. The van der Waals surface area contributed by atoms with Gasteiger partial charge in [0.05, 0.1) is 4.92 Å². The highest BCUT2D eigenvalue weighted by atomic mass is 79.9. The van der Waals surface area contributed by atoms with Crippen LogP contribution in [0.15, 0.2) is 18.2 Å². The summed E-state index contributed by atoms with van der Waals surface area (Å²) in [7, 11) is 0. The summed E-state index contributed by atoms with van der Waals surface area (Å²) in [6.07, 6.45) is 0.487. The van der Waals surface area contributed by atoms with Crippen molar-refractivity contribution in [2.24, 2.45) is 5.92 Å². The number of alkyl halides is 1. The number of rotatable bonds is 4. The summed E-state index contributed by atoms with van der Waals surface area (Å²) in [6, 6.07) is 3.57. The molecule has 1 rings (SSSR count). The van der Waals surface area contributed by atoms with Gasteiger partial charge in [-0.1, -0.05) is 29.8 Å². The minimum atomic E-state index is -0.472. The van der Waals surface area contributed by atoms with Crippen molar-refractivity contribution < 1.29 is 9.31 Å². The summed E-state index contributed by atoms with van der Waals surface area (Å²) < 4.78 is 13.0. The third-order valence-corrected chi connectivity index (χ3v) is 3.47. The molecular weight excluding hydrogens is 277 g/mol. The van der Waals surface area contributed by atoms with Gasteiger partial charge >= 0.3 is 0 Å². The first-order valence-electron chi connectivity index (χ1n) is 4.98. The van der Waals surface area contributed by atoms with Crippen LogP contribution < -0.4 is 0 Å². The molecule has 0 aliphatic rings. The van der Waals surface area contributed by atoms with Crippen molar-refractivity contribution in [3.05, 3.63) is 39.7 Å². The van der Waals surface area contributed by atoms with E-state index in [4.69, 9.17) is 0 Å². The lowest BCUT2D eigenvalue weighted by Crippen LogP contribution is -2.11. The molecule has 0 amide bonds. The Morgan fingerprint density at radius 2 is 2.12 bits per heavy atom. The van der Waals surface area contributed by atoms with Gasteiger partial charge in [0.15, 0.2) is 0 Å². The Kier molecular flexibility index (Phi) is 4.41. The molecule has 0 aliphatic carbocycles. The monoisotopic (exact) mass is 289 g/mol. The van der Waals surface area contributed by atoms with E-state index in [9.17, 15) is 14.5 Å². The molecule has 3 nitrogen and oxygen atoms in total. The van der Waals surface area contributed by atoms with Crippen LogP contribution in [0.3, 0.4) is 0 Å². The van der Waals surface area contributed by atoms with Gasteiger partial charge in [-0.3, -0.25) is 10.1 Å². The van der Waals surface area contributed by atoms with Crippen molar-refractivity contribution >= 4 is 21.6 Å². The van der Waals surface area contributed by atoms with Gasteiger partial charge in [-0.05, 0) is 24.5 Å². The summed E-state index contributed by atoms with van der Waals surface area (Å²) in [5.74, 6) is -0.226. The predicted molar refractivity (Wildman–Crippen MR) is 64.3 cm³/mol. The van der Waals surface area contributed by atoms with Gasteiger partial charge in [0, 0.05) is 16.5 Å². The average Bonchev–Trinajstić information content (AvgIpc) is 2.16. The normalized spacial score (nSPS) is 14.5. The van der Waals surface area contributed by atoms with E-state index < -0.39 is 10.7 Å². The van der Waals surface area contributed by atoms with Gasteiger partial charge in [0.2, 0.25) is 0 Å². The molecule has 16 heavy (non-hydrogen) atoms. The first-order chi connectivity index (χ1) is 7.41. The Balaban J connectivity index is 3.01. The molecule has 0 fully saturated rings. The van der Waals surface area contributed by atoms with E-state index in [0.717, 1.165) is 6.07 Å². The molecule has 0 radical (unpaired) electrons. The molecule has 0 saturated carbocycles. The van der Waals surface area contributed by atoms with Gasteiger partial charge in [-0.25, -0.2) is 4.39 Å². The minimum absolute atomic E-state index is 0.0126.